The van der Waals surface area contributed by atoms with Gasteiger partial charge in [0.15, 0.2) is 0 Å². The van der Waals surface area contributed by atoms with Crippen molar-refractivity contribution in [3.8, 4) is 6.07 Å². The molecule has 0 spiro atoms. The van der Waals surface area contributed by atoms with Crippen LogP contribution < -0.4 is 5.32 Å². The van der Waals surface area contributed by atoms with Crippen molar-refractivity contribution >= 4 is 0 Å². The van der Waals surface area contributed by atoms with E-state index in [-0.39, 0.29) is 0 Å². The minimum absolute atomic E-state index is 0.430. The summed E-state index contributed by atoms with van der Waals surface area (Å²) in [5, 5.41) is 22.2. The van der Waals surface area contributed by atoms with E-state index in [4.69, 9.17) is 5.26 Å². The third-order valence-corrected chi connectivity index (χ3v) is 3.57. The average Bonchev–Trinajstić information content (AvgIpc) is 2.49. The van der Waals surface area contributed by atoms with Gasteiger partial charge < -0.3 is 10.4 Å². The van der Waals surface area contributed by atoms with Crippen LogP contribution in [0, 0.1) is 11.3 Å². The molecule has 0 fully saturated rings. The van der Waals surface area contributed by atoms with Gasteiger partial charge in [-0.15, -0.1) is 0 Å². The number of aliphatic hydroxyl groups is 1. The standard InChI is InChI=1S/C17H26N2O/c1-3-4-5-6-7-14(2)19-13-17(20)16-10-8-15(12-18)9-11-16/h8-11,14,17,19-20H,3-7,13H2,1-2H3. The molecule has 0 heterocycles. The number of hydrogen-bond acceptors (Lipinski definition) is 3. The molecule has 0 saturated heterocycles. The molecule has 1 aromatic rings. The molecule has 110 valence electrons. The van der Waals surface area contributed by atoms with Gasteiger partial charge in [-0.05, 0) is 31.0 Å². The smallest absolute Gasteiger partial charge is 0.0991 e. The van der Waals surface area contributed by atoms with Crippen molar-refractivity contribution in [2.75, 3.05) is 6.54 Å². The van der Waals surface area contributed by atoms with Gasteiger partial charge >= 0.3 is 0 Å². The van der Waals surface area contributed by atoms with Gasteiger partial charge in [0.25, 0.3) is 0 Å². The Bertz CT molecular complexity index is 408. The Balaban J connectivity index is 2.27. The van der Waals surface area contributed by atoms with Crippen molar-refractivity contribution in [2.24, 2.45) is 0 Å². The molecule has 0 saturated carbocycles. The molecule has 20 heavy (non-hydrogen) atoms. The second kappa shape index (κ2) is 9.52. The van der Waals surface area contributed by atoms with Crippen LogP contribution in [0.5, 0.6) is 0 Å². The van der Waals surface area contributed by atoms with Crippen LogP contribution in [-0.4, -0.2) is 17.7 Å². The Morgan fingerprint density at radius 2 is 1.90 bits per heavy atom. The molecule has 0 aliphatic heterocycles. The Morgan fingerprint density at radius 1 is 1.20 bits per heavy atom. The summed E-state index contributed by atoms with van der Waals surface area (Å²) in [6, 6.07) is 9.63. The molecule has 0 amide bonds. The molecule has 1 aromatic carbocycles. The van der Waals surface area contributed by atoms with E-state index in [9.17, 15) is 5.11 Å². The first kappa shape index (κ1) is 16.7. The van der Waals surface area contributed by atoms with Gasteiger partial charge in [-0.1, -0.05) is 44.7 Å². The van der Waals surface area contributed by atoms with Crippen LogP contribution in [0.25, 0.3) is 0 Å². The molecular formula is C17H26N2O. The largest absolute Gasteiger partial charge is 0.387 e. The van der Waals surface area contributed by atoms with Crippen molar-refractivity contribution in [3.63, 3.8) is 0 Å². The van der Waals surface area contributed by atoms with Crippen LogP contribution in [0.3, 0.4) is 0 Å². The number of nitrogens with one attached hydrogen (secondary N) is 1. The third-order valence-electron chi connectivity index (χ3n) is 3.57. The predicted molar refractivity (Wildman–Crippen MR) is 82.3 cm³/mol. The molecule has 3 heteroatoms. The number of nitrogens with zero attached hydrogens (tertiary/aromatic N) is 1. The van der Waals surface area contributed by atoms with Gasteiger partial charge in [0.2, 0.25) is 0 Å². The Morgan fingerprint density at radius 3 is 2.50 bits per heavy atom. The summed E-state index contributed by atoms with van der Waals surface area (Å²) in [4.78, 5) is 0. The van der Waals surface area contributed by atoms with Crippen molar-refractivity contribution in [3.05, 3.63) is 35.4 Å². The van der Waals surface area contributed by atoms with Gasteiger partial charge in [-0.3, -0.25) is 0 Å². The van der Waals surface area contributed by atoms with E-state index in [1.54, 1.807) is 12.1 Å². The summed E-state index contributed by atoms with van der Waals surface area (Å²) in [5.41, 5.74) is 1.48. The summed E-state index contributed by atoms with van der Waals surface area (Å²) in [6.07, 6.45) is 5.75. The lowest BCUT2D eigenvalue weighted by atomic mass is 10.1. The zero-order chi connectivity index (χ0) is 14.8. The first-order valence-electron chi connectivity index (χ1n) is 7.59. The lowest BCUT2D eigenvalue weighted by molar-refractivity contribution is 0.170. The van der Waals surface area contributed by atoms with Crippen molar-refractivity contribution < 1.29 is 5.11 Å². The van der Waals surface area contributed by atoms with E-state index in [0.717, 1.165) is 12.0 Å². The van der Waals surface area contributed by atoms with Crippen molar-refractivity contribution in [1.82, 2.24) is 5.32 Å². The number of unbranched alkanes of at least 4 members (excludes halogenated alkanes) is 3. The fourth-order valence-electron chi connectivity index (χ4n) is 2.19. The summed E-state index contributed by atoms with van der Waals surface area (Å²) in [6.45, 7) is 4.94. The lowest BCUT2D eigenvalue weighted by Crippen LogP contribution is -2.30. The minimum Gasteiger partial charge on any atom is -0.387 e. The van der Waals surface area contributed by atoms with Gasteiger partial charge in [0, 0.05) is 12.6 Å². The maximum Gasteiger partial charge on any atom is 0.0991 e. The number of nitriles is 1. The van der Waals surface area contributed by atoms with E-state index in [1.807, 2.05) is 12.1 Å². The van der Waals surface area contributed by atoms with Gasteiger partial charge in [0.1, 0.15) is 0 Å². The number of aliphatic hydroxyl groups excluding tert-OH is 1. The molecule has 0 aliphatic carbocycles. The Labute approximate surface area is 122 Å². The summed E-state index contributed by atoms with van der Waals surface area (Å²) < 4.78 is 0. The zero-order valence-corrected chi connectivity index (χ0v) is 12.6. The maximum atomic E-state index is 10.1. The van der Waals surface area contributed by atoms with Crippen LogP contribution in [-0.2, 0) is 0 Å². The number of benzene rings is 1. The highest BCUT2D eigenvalue weighted by Gasteiger charge is 2.09. The summed E-state index contributed by atoms with van der Waals surface area (Å²) in [7, 11) is 0. The topological polar surface area (TPSA) is 56.0 Å². The first-order valence-corrected chi connectivity index (χ1v) is 7.59. The highest BCUT2D eigenvalue weighted by molar-refractivity contribution is 5.32. The van der Waals surface area contributed by atoms with Crippen LogP contribution in [0.2, 0.25) is 0 Å². The van der Waals surface area contributed by atoms with Gasteiger partial charge in [0.05, 0.1) is 17.7 Å². The maximum absolute atomic E-state index is 10.1. The fourth-order valence-corrected chi connectivity index (χ4v) is 2.19. The molecule has 2 unspecified atom stereocenters. The third kappa shape index (κ3) is 6.18. The molecule has 0 aromatic heterocycles. The van der Waals surface area contributed by atoms with E-state index in [2.05, 4.69) is 25.2 Å². The Kier molecular flexibility index (Phi) is 7.94. The fraction of sp³-hybridized carbons (Fsp3) is 0.588. The molecule has 0 bridgehead atoms. The second-order valence-electron chi connectivity index (χ2n) is 5.41. The van der Waals surface area contributed by atoms with E-state index < -0.39 is 6.10 Å². The average molecular weight is 274 g/mol. The molecule has 3 nitrogen and oxygen atoms in total. The van der Waals surface area contributed by atoms with Crippen molar-refractivity contribution in [2.45, 2.75) is 58.1 Å². The van der Waals surface area contributed by atoms with E-state index in [1.165, 1.54) is 25.7 Å². The summed E-state index contributed by atoms with van der Waals surface area (Å²) >= 11 is 0. The molecule has 2 N–H and O–H groups in total. The van der Waals surface area contributed by atoms with Gasteiger partial charge in [-0.25, -0.2) is 0 Å². The summed E-state index contributed by atoms with van der Waals surface area (Å²) in [5.74, 6) is 0. The predicted octanol–water partition coefficient (Wildman–Crippen LogP) is 3.54. The molecule has 0 radical (unpaired) electrons. The normalized spacial score (nSPS) is 13.7. The van der Waals surface area contributed by atoms with Crippen LogP contribution in [0.15, 0.2) is 24.3 Å². The van der Waals surface area contributed by atoms with Crippen molar-refractivity contribution in [1.29, 1.82) is 5.26 Å². The minimum atomic E-state index is -0.513. The quantitative estimate of drug-likeness (QED) is 0.677. The molecule has 0 aliphatic rings. The van der Waals surface area contributed by atoms with Crippen LogP contribution in [0.1, 0.15) is 63.2 Å². The lowest BCUT2D eigenvalue weighted by Gasteiger charge is -2.17. The Hall–Kier alpha value is -1.37. The molecule has 1 rings (SSSR count). The monoisotopic (exact) mass is 274 g/mol. The van der Waals surface area contributed by atoms with Crippen LogP contribution >= 0.6 is 0 Å². The molecular weight excluding hydrogens is 248 g/mol. The highest BCUT2D eigenvalue weighted by Crippen LogP contribution is 2.13. The highest BCUT2D eigenvalue weighted by atomic mass is 16.3. The molecule has 2 atom stereocenters. The number of rotatable bonds is 9. The zero-order valence-electron chi connectivity index (χ0n) is 12.6. The van der Waals surface area contributed by atoms with E-state index in [0.29, 0.717) is 18.2 Å². The number of hydrogen-bond donors (Lipinski definition) is 2. The van der Waals surface area contributed by atoms with E-state index >= 15 is 0 Å². The first-order chi connectivity index (χ1) is 9.67. The second-order valence-corrected chi connectivity index (χ2v) is 5.41. The van der Waals surface area contributed by atoms with Crippen LogP contribution in [0.4, 0.5) is 0 Å². The van der Waals surface area contributed by atoms with Gasteiger partial charge in [-0.2, -0.15) is 5.26 Å². The SMILES string of the molecule is CCCCCCC(C)NCC(O)c1ccc(C#N)cc1.